The molecule has 0 spiro atoms. The molecule has 1 saturated carbocycles. The van der Waals surface area contributed by atoms with E-state index in [4.69, 9.17) is 13.9 Å². The Morgan fingerprint density at radius 2 is 2.10 bits per heavy atom. The Morgan fingerprint density at radius 3 is 2.83 bits per heavy atom. The lowest BCUT2D eigenvalue weighted by atomic mass is 10.1. The maximum Gasteiger partial charge on any atom is 0.315 e. The van der Waals surface area contributed by atoms with Crippen molar-refractivity contribution in [3.05, 3.63) is 18.2 Å². The number of ether oxygens (including phenoxy) is 2. The quantitative estimate of drug-likeness (QED) is 0.652. The van der Waals surface area contributed by atoms with Gasteiger partial charge in [-0.15, -0.1) is 0 Å². The molecule has 2 aromatic rings. The molecule has 1 saturated heterocycles. The van der Waals surface area contributed by atoms with Gasteiger partial charge < -0.3 is 29.4 Å². The van der Waals surface area contributed by atoms with Crippen molar-refractivity contribution in [2.75, 3.05) is 37.7 Å². The minimum absolute atomic E-state index is 0.0250. The van der Waals surface area contributed by atoms with Crippen LogP contribution >= 0.6 is 0 Å². The van der Waals surface area contributed by atoms with Gasteiger partial charge >= 0.3 is 6.03 Å². The zero-order chi connectivity index (χ0) is 20.9. The Morgan fingerprint density at radius 1 is 1.30 bits per heavy atom. The fourth-order valence-corrected chi connectivity index (χ4v) is 3.59. The van der Waals surface area contributed by atoms with Crippen molar-refractivity contribution in [1.29, 1.82) is 0 Å². The predicted molar refractivity (Wildman–Crippen MR) is 115 cm³/mol. The van der Waals surface area contributed by atoms with Gasteiger partial charge in [0.1, 0.15) is 11.3 Å². The van der Waals surface area contributed by atoms with Crippen LogP contribution < -0.4 is 20.3 Å². The van der Waals surface area contributed by atoms with E-state index in [0.29, 0.717) is 19.2 Å². The highest BCUT2D eigenvalue weighted by Gasteiger charge is 2.24. The van der Waals surface area contributed by atoms with E-state index in [-0.39, 0.29) is 18.2 Å². The van der Waals surface area contributed by atoms with Gasteiger partial charge in [-0.25, -0.2) is 4.79 Å². The van der Waals surface area contributed by atoms with Crippen LogP contribution in [0.25, 0.3) is 11.1 Å². The predicted octanol–water partition coefficient (Wildman–Crippen LogP) is 3.31. The zero-order valence-corrected chi connectivity index (χ0v) is 17.9. The van der Waals surface area contributed by atoms with E-state index in [9.17, 15) is 4.79 Å². The number of urea groups is 1. The van der Waals surface area contributed by atoms with Crippen molar-refractivity contribution in [2.24, 2.45) is 5.92 Å². The first-order valence-corrected chi connectivity index (χ1v) is 11.0. The van der Waals surface area contributed by atoms with Crippen LogP contribution in [0, 0.1) is 5.92 Å². The monoisotopic (exact) mass is 416 g/mol. The molecule has 1 aromatic heterocycles. The number of carbonyl (C=O) groups is 1. The molecule has 0 unspecified atom stereocenters. The number of piperidine rings is 1. The van der Waals surface area contributed by atoms with E-state index in [1.807, 2.05) is 32.0 Å². The van der Waals surface area contributed by atoms with Crippen LogP contribution in [0.5, 0.6) is 5.75 Å². The molecule has 8 nitrogen and oxygen atoms in total. The van der Waals surface area contributed by atoms with Crippen molar-refractivity contribution in [2.45, 2.75) is 51.7 Å². The molecular weight excluding hydrogens is 384 g/mol. The fourth-order valence-electron chi connectivity index (χ4n) is 3.59. The van der Waals surface area contributed by atoms with Gasteiger partial charge in [-0.1, -0.05) is 0 Å². The Bertz CT molecular complexity index is 843. The fraction of sp³-hybridized carbons (Fsp3) is 0.636. The molecule has 2 heterocycles. The largest absolute Gasteiger partial charge is 0.493 e. The zero-order valence-electron chi connectivity index (χ0n) is 17.9. The standard InChI is InChI=1S/C22H32N4O4/c1-3-23-21(27)24-15(2)13-28-17-8-10-26(11-9-17)22-25-19-7-6-18(12-20(19)30-22)29-14-16-4-5-16/h6-7,12,15-17H,3-5,8-11,13-14H2,1-2H3,(H2,23,24,27)/t15-/m0/s1. The number of aromatic nitrogens is 1. The number of hydrogen-bond acceptors (Lipinski definition) is 6. The van der Waals surface area contributed by atoms with Crippen LogP contribution in [0.1, 0.15) is 39.5 Å². The Kier molecular flexibility index (Phi) is 6.62. The summed E-state index contributed by atoms with van der Waals surface area (Å²) >= 11 is 0. The van der Waals surface area contributed by atoms with Crippen molar-refractivity contribution < 1.29 is 18.7 Å². The highest BCUT2D eigenvalue weighted by Crippen LogP contribution is 2.31. The van der Waals surface area contributed by atoms with Gasteiger partial charge in [-0.05, 0) is 57.6 Å². The maximum atomic E-state index is 11.6. The summed E-state index contributed by atoms with van der Waals surface area (Å²) in [6.45, 7) is 7.42. The number of fused-ring (bicyclic) bond motifs is 1. The van der Waals surface area contributed by atoms with Crippen molar-refractivity contribution in [3.63, 3.8) is 0 Å². The third-order valence-corrected chi connectivity index (χ3v) is 5.54. The number of anilines is 1. The summed E-state index contributed by atoms with van der Waals surface area (Å²) < 4.78 is 17.8. The van der Waals surface area contributed by atoms with Gasteiger partial charge in [0.15, 0.2) is 5.58 Å². The van der Waals surface area contributed by atoms with Crippen molar-refractivity contribution in [3.8, 4) is 5.75 Å². The van der Waals surface area contributed by atoms with Gasteiger partial charge in [-0.3, -0.25) is 0 Å². The SMILES string of the molecule is CCNC(=O)N[C@@H](C)COC1CCN(c2nc3ccc(OCC4CC4)cc3o2)CC1. The lowest BCUT2D eigenvalue weighted by Crippen LogP contribution is -2.44. The van der Waals surface area contributed by atoms with Crippen LogP contribution in [0.4, 0.5) is 10.8 Å². The molecule has 1 aliphatic carbocycles. The summed E-state index contributed by atoms with van der Waals surface area (Å²) in [7, 11) is 0. The minimum atomic E-state index is -0.152. The van der Waals surface area contributed by atoms with Crippen LogP contribution in [0.3, 0.4) is 0 Å². The van der Waals surface area contributed by atoms with Crippen LogP contribution in [0.2, 0.25) is 0 Å². The average Bonchev–Trinajstić information content (AvgIpc) is 3.48. The Hall–Kier alpha value is -2.48. The van der Waals surface area contributed by atoms with E-state index < -0.39 is 0 Å². The van der Waals surface area contributed by atoms with E-state index in [1.165, 1.54) is 12.8 Å². The first-order valence-electron chi connectivity index (χ1n) is 11.0. The number of rotatable bonds is 9. The maximum absolute atomic E-state index is 11.6. The summed E-state index contributed by atoms with van der Waals surface area (Å²) in [4.78, 5) is 18.4. The van der Waals surface area contributed by atoms with Gasteiger partial charge in [0.05, 0.1) is 25.4 Å². The molecule has 0 radical (unpaired) electrons. The number of benzene rings is 1. The summed E-state index contributed by atoms with van der Waals surface area (Å²) in [5.74, 6) is 1.57. The summed E-state index contributed by atoms with van der Waals surface area (Å²) in [5, 5.41) is 5.60. The topological polar surface area (TPSA) is 88.9 Å². The van der Waals surface area contributed by atoms with Crippen molar-refractivity contribution >= 4 is 23.1 Å². The summed E-state index contributed by atoms with van der Waals surface area (Å²) in [6.07, 6.45) is 4.55. The number of oxazole rings is 1. The molecule has 2 aliphatic rings. The lowest BCUT2D eigenvalue weighted by molar-refractivity contribution is 0.0271. The molecule has 30 heavy (non-hydrogen) atoms. The molecule has 4 rings (SSSR count). The summed E-state index contributed by atoms with van der Waals surface area (Å²) in [5.41, 5.74) is 1.62. The second-order valence-electron chi connectivity index (χ2n) is 8.30. The number of carbonyl (C=O) groups excluding carboxylic acids is 1. The number of nitrogens with zero attached hydrogens (tertiary/aromatic N) is 2. The normalized spacial score (nSPS) is 18.4. The Balaban J connectivity index is 1.24. The van der Waals surface area contributed by atoms with E-state index in [0.717, 1.165) is 55.3 Å². The molecule has 1 atom stereocenters. The third-order valence-electron chi connectivity index (χ3n) is 5.54. The van der Waals surface area contributed by atoms with E-state index in [1.54, 1.807) is 0 Å². The minimum Gasteiger partial charge on any atom is -0.493 e. The molecule has 1 aromatic carbocycles. The highest BCUT2D eigenvalue weighted by atomic mass is 16.5. The highest BCUT2D eigenvalue weighted by molar-refractivity contribution is 5.76. The van der Waals surface area contributed by atoms with Crippen LogP contribution in [0.15, 0.2) is 22.6 Å². The lowest BCUT2D eigenvalue weighted by Gasteiger charge is -2.31. The molecule has 2 N–H and O–H groups in total. The van der Waals surface area contributed by atoms with Gasteiger partial charge in [0.2, 0.25) is 0 Å². The third kappa shape index (κ3) is 5.56. The number of nitrogens with one attached hydrogen (secondary N) is 2. The molecule has 1 aliphatic heterocycles. The molecule has 8 heteroatoms. The number of hydrogen-bond donors (Lipinski definition) is 2. The second kappa shape index (κ2) is 9.55. The molecule has 0 bridgehead atoms. The Labute approximate surface area is 177 Å². The first kappa shape index (κ1) is 20.8. The van der Waals surface area contributed by atoms with Crippen molar-refractivity contribution in [1.82, 2.24) is 15.6 Å². The molecule has 164 valence electrons. The average molecular weight is 417 g/mol. The van der Waals surface area contributed by atoms with E-state index >= 15 is 0 Å². The van der Waals surface area contributed by atoms with Gasteiger partial charge in [0.25, 0.3) is 6.01 Å². The summed E-state index contributed by atoms with van der Waals surface area (Å²) in [6, 6.07) is 6.35. The smallest absolute Gasteiger partial charge is 0.315 e. The van der Waals surface area contributed by atoms with Crippen LogP contribution in [-0.2, 0) is 4.74 Å². The molecular formula is C22H32N4O4. The number of amides is 2. The van der Waals surface area contributed by atoms with Gasteiger partial charge in [0, 0.05) is 25.7 Å². The molecule has 2 fully saturated rings. The second-order valence-corrected chi connectivity index (χ2v) is 8.30. The first-order chi connectivity index (χ1) is 14.6. The van der Waals surface area contributed by atoms with Gasteiger partial charge in [-0.2, -0.15) is 4.98 Å². The molecule has 2 amide bonds. The van der Waals surface area contributed by atoms with Crippen LogP contribution in [-0.4, -0.2) is 56.0 Å². The van der Waals surface area contributed by atoms with E-state index in [2.05, 4.69) is 20.5 Å².